The molecule has 7 nitrogen and oxygen atoms in total. The van der Waals surface area contributed by atoms with E-state index in [-0.39, 0.29) is 46.8 Å². The zero-order valence-corrected chi connectivity index (χ0v) is 18.1. The third kappa shape index (κ3) is 3.95. The highest BCUT2D eigenvalue weighted by Gasteiger charge is 2.49. The van der Waals surface area contributed by atoms with E-state index < -0.39 is 17.7 Å². The summed E-state index contributed by atoms with van der Waals surface area (Å²) in [5.41, 5.74) is -0.224. The van der Waals surface area contributed by atoms with Gasteiger partial charge in [0.05, 0.1) is 35.6 Å². The van der Waals surface area contributed by atoms with E-state index in [0.717, 1.165) is 12.6 Å². The fourth-order valence-corrected chi connectivity index (χ4v) is 4.90. The van der Waals surface area contributed by atoms with Crippen LogP contribution in [0, 0.1) is 12.7 Å². The van der Waals surface area contributed by atoms with Crippen LogP contribution in [-0.2, 0) is 6.18 Å². The van der Waals surface area contributed by atoms with Crippen LogP contribution in [-0.4, -0.2) is 48.9 Å². The molecular weight excluding hydrogens is 452 g/mol. The van der Waals surface area contributed by atoms with Crippen LogP contribution < -0.4 is 5.32 Å². The molecule has 3 aromatic rings. The van der Waals surface area contributed by atoms with Crippen LogP contribution in [0.4, 0.5) is 23.4 Å². The number of hydrogen-bond acceptors (Lipinski definition) is 6. The Morgan fingerprint density at radius 3 is 2.53 bits per heavy atom. The molecule has 5 rings (SSSR count). The number of aryl methyl sites for hydroxylation is 1. The molecule has 0 radical (unpaired) electrons. The Morgan fingerprint density at radius 1 is 1.09 bits per heavy atom. The van der Waals surface area contributed by atoms with Crippen LogP contribution in [0.25, 0.3) is 11.4 Å². The van der Waals surface area contributed by atoms with Crippen molar-refractivity contribution in [2.75, 3.05) is 5.32 Å². The molecule has 3 unspecified atom stereocenters. The summed E-state index contributed by atoms with van der Waals surface area (Å²) in [6.07, 6.45) is 2.24. The number of benzene rings is 1. The molecule has 11 heteroatoms. The smallest absolute Gasteiger partial charge is 0.364 e. The van der Waals surface area contributed by atoms with Crippen LogP contribution in [0.1, 0.15) is 40.9 Å². The highest BCUT2D eigenvalue weighted by molar-refractivity contribution is 6.01. The quantitative estimate of drug-likeness (QED) is 0.572. The number of aromatic nitrogens is 4. The summed E-state index contributed by atoms with van der Waals surface area (Å²) >= 11 is 0. The van der Waals surface area contributed by atoms with Gasteiger partial charge in [0.1, 0.15) is 11.6 Å². The van der Waals surface area contributed by atoms with E-state index in [0.29, 0.717) is 24.6 Å². The van der Waals surface area contributed by atoms with Crippen molar-refractivity contribution in [1.82, 2.24) is 24.8 Å². The minimum absolute atomic E-state index is 0.0561. The van der Waals surface area contributed by atoms with E-state index >= 15 is 0 Å². The zero-order chi connectivity index (χ0) is 24.0. The number of carbonyl (C=O) groups is 1. The van der Waals surface area contributed by atoms with Crippen molar-refractivity contribution in [2.45, 2.75) is 50.5 Å². The Bertz CT molecular complexity index is 1220. The van der Waals surface area contributed by atoms with Crippen molar-refractivity contribution in [3.05, 3.63) is 65.6 Å². The van der Waals surface area contributed by atoms with Gasteiger partial charge in [0.25, 0.3) is 5.91 Å². The molecule has 3 atom stereocenters. The summed E-state index contributed by atoms with van der Waals surface area (Å²) in [6.45, 7) is 1.71. The largest absolute Gasteiger partial charge is 0.434 e. The second-order valence-electron chi connectivity index (χ2n) is 8.52. The van der Waals surface area contributed by atoms with Gasteiger partial charge in [-0.05, 0) is 49.9 Å². The third-order valence-electron chi connectivity index (χ3n) is 6.30. The van der Waals surface area contributed by atoms with Crippen molar-refractivity contribution < 1.29 is 22.4 Å². The van der Waals surface area contributed by atoms with Gasteiger partial charge in [-0.15, -0.1) is 0 Å². The highest BCUT2D eigenvalue weighted by Crippen LogP contribution is 2.41. The summed E-state index contributed by atoms with van der Waals surface area (Å²) in [5, 5.41) is 3.12. The maximum Gasteiger partial charge on any atom is 0.434 e. The molecule has 1 amide bonds. The summed E-state index contributed by atoms with van der Waals surface area (Å²) in [5.74, 6) is -0.557. The molecule has 2 aliphatic rings. The average Bonchev–Trinajstić information content (AvgIpc) is 3.36. The number of hydrogen-bond donors (Lipinski definition) is 1. The van der Waals surface area contributed by atoms with E-state index in [4.69, 9.17) is 0 Å². The number of alkyl halides is 3. The van der Waals surface area contributed by atoms with Gasteiger partial charge in [0.15, 0.2) is 11.5 Å². The van der Waals surface area contributed by atoms with Crippen molar-refractivity contribution in [3.8, 4) is 11.4 Å². The standard InChI is InChI=1S/C23H20F4N6O/c1-12-7-14(20(15(24)8-12)21-28-5-2-6-29-21)22(34)33-13-3-4-17(33)16(9-13)32-19-11-30-18(10-31-19)23(25,26)27/h2,5-8,10-11,13,16-17H,3-4,9H2,1H3,(H,31,32). The Balaban J connectivity index is 1.41. The minimum atomic E-state index is -4.57. The highest BCUT2D eigenvalue weighted by atomic mass is 19.4. The minimum Gasteiger partial charge on any atom is -0.364 e. The molecule has 0 aliphatic carbocycles. The number of carbonyl (C=O) groups excluding carboxylic acids is 1. The van der Waals surface area contributed by atoms with Crippen LogP contribution in [0.15, 0.2) is 43.0 Å². The Labute approximate surface area is 192 Å². The molecule has 2 aromatic heterocycles. The summed E-state index contributed by atoms with van der Waals surface area (Å²) < 4.78 is 53.2. The topological polar surface area (TPSA) is 83.9 Å². The van der Waals surface area contributed by atoms with E-state index in [9.17, 15) is 22.4 Å². The van der Waals surface area contributed by atoms with E-state index in [1.165, 1.54) is 18.5 Å². The van der Waals surface area contributed by atoms with Crippen LogP contribution in [0.2, 0.25) is 0 Å². The number of halogens is 4. The molecule has 0 saturated carbocycles. The van der Waals surface area contributed by atoms with Crippen molar-refractivity contribution in [2.24, 2.45) is 0 Å². The number of fused-ring (bicyclic) bond motifs is 2. The van der Waals surface area contributed by atoms with Gasteiger partial charge < -0.3 is 10.2 Å². The summed E-state index contributed by atoms with van der Waals surface area (Å²) in [6, 6.07) is 4.09. The monoisotopic (exact) mass is 472 g/mol. The van der Waals surface area contributed by atoms with Gasteiger partial charge in [0, 0.05) is 18.4 Å². The molecule has 2 aliphatic heterocycles. The van der Waals surface area contributed by atoms with Crippen LogP contribution in [0.5, 0.6) is 0 Å². The number of nitrogens with zero attached hydrogens (tertiary/aromatic N) is 5. The van der Waals surface area contributed by atoms with Crippen molar-refractivity contribution >= 4 is 11.7 Å². The third-order valence-corrected chi connectivity index (χ3v) is 6.30. The molecule has 1 N–H and O–H groups in total. The van der Waals surface area contributed by atoms with Crippen LogP contribution >= 0.6 is 0 Å². The molecule has 2 saturated heterocycles. The summed E-state index contributed by atoms with van der Waals surface area (Å²) in [7, 11) is 0. The first-order valence-corrected chi connectivity index (χ1v) is 10.8. The Morgan fingerprint density at radius 2 is 1.85 bits per heavy atom. The molecule has 2 bridgehead atoms. The average molecular weight is 472 g/mol. The zero-order valence-electron chi connectivity index (χ0n) is 18.1. The second-order valence-corrected chi connectivity index (χ2v) is 8.52. The van der Waals surface area contributed by atoms with Crippen molar-refractivity contribution in [1.29, 1.82) is 0 Å². The first kappa shape index (κ1) is 22.2. The normalized spacial score (nSPS) is 21.7. The lowest BCUT2D eigenvalue weighted by molar-refractivity contribution is -0.141. The molecule has 4 heterocycles. The number of anilines is 1. The van der Waals surface area contributed by atoms with Gasteiger partial charge in [0.2, 0.25) is 0 Å². The Hall–Kier alpha value is -3.63. The maximum absolute atomic E-state index is 15.0. The Kier molecular flexibility index (Phi) is 5.41. The van der Waals surface area contributed by atoms with Crippen LogP contribution in [0.3, 0.4) is 0 Å². The first-order chi connectivity index (χ1) is 16.2. The molecule has 1 aromatic carbocycles. The van der Waals surface area contributed by atoms with E-state index in [1.54, 1.807) is 24.0 Å². The molecule has 176 valence electrons. The van der Waals surface area contributed by atoms with Crippen molar-refractivity contribution in [3.63, 3.8) is 0 Å². The summed E-state index contributed by atoms with van der Waals surface area (Å²) in [4.78, 5) is 31.0. The first-order valence-electron chi connectivity index (χ1n) is 10.8. The second kappa shape index (κ2) is 8.30. The molecular formula is C23H20F4N6O. The molecule has 0 spiro atoms. The lowest BCUT2D eigenvalue weighted by atomic mass is 9.95. The van der Waals surface area contributed by atoms with Gasteiger partial charge in [-0.3, -0.25) is 4.79 Å². The molecule has 34 heavy (non-hydrogen) atoms. The number of rotatable bonds is 4. The number of amides is 1. The fourth-order valence-electron chi connectivity index (χ4n) is 4.90. The van der Waals surface area contributed by atoms with E-state index in [1.807, 2.05) is 0 Å². The predicted octanol–water partition coefficient (Wildman–Crippen LogP) is 4.26. The predicted molar refractivity (Wildman–Crippen MR) is 114 cm³/mol. The number of nitrogens with one attached hydrogen (secondary N) is 1. The maximum atomic E-state index is 15.0. The fraction of sp³-hybridized carbons (Fsp3) is 0.348. The van der Waals surface area contributed by atoms with Gasteiger partial charge in [-0.1, -0.05) is 0 Å². The van der Waals surface area contributed by atoms with Gasteiger partial charge in [-0.25, -0.2) is 24.3 Å². The van der Waals surface area contributed by atoms with Gasteiger partial charge >= 0.3 is 6.18 Å². The van der Waals surface area contributed by atoms with E-state index in [2.05, 4.69) is 25.3 Å². The van der Waals surface area contributed by atoms with Gasteiger partial charge in [-0.2, -0.15) is 13.2 Å². The molecule has 2 fully saturated rings. The lowest BCUT2D eigenvalue weighted by Gasteiger charge is -2.26. The SMILES string of the molecule is Cc1cc(F)c(-c2ncccn2)c(C(=O)N2C3CCC2C(Nc2cnc(C(F)(F)F)cn2)C3)c1. The lowest BCUT2D eigenvalue weighted by Crippen LogP contribution is -2.40.